The van der Waals surface area contributed by atoms with E-state index in [1.165, 1.54) is 8.61 Å². The predicted octanol–water partition coefficient (Wildman–Crippen LogP) is 1.18. The molecule has 0 aromatic rings. The van der Waals surface area contributed by atoms with Crippen molar-refractivity contribution in [1.82, 2.24) is 8.61 Å². The van der Waals surface area contributed by atoms with Crippen LogP contribution in [-0.2, 0) is 19.7 Å². The minimum atomic E-state index is -3.54. The second-order valence-electron chi connectivity index (χ2n) is 4.83. The molecule has 6 nitrogen and oxygen atoms in total. The lowest BCUT2D eigenvalue weighted by Gasteiger charge is -2.33. The maximum absolute atomic E-state index is 12.5. The van der Waals surface area contributed by atoms with Crippen LogP contribution in [0, 0.1) is 5.92 Å². The average Bonchev–Trinajstić information content (AvgIpc) is 2.47. The first-order valence-electron chi connectivity index (χ1n) is 7.11. The molecule has 0 aromatic heterocycles. The number of hydrogen-bond acceptors (Lipinski definition) is 4. The molecule has 0 atom stereocenters. The van der Waals surface area contributed by atoms with Gasteiger partial charge >= 0.3 is 5.97 Å². The van der Waals surface area contributed by atoms with Crippen molar-refractivity contribution in [3.8, 4) is 0 Å². The van der Waals surface area contributed by atoms with E-state index in [4.69, 9.17) is 4.74 Å². The van der Waals surface area contributed by atoms with E-state index in [9.17, 15) is 13.2 Å². The third-order valence-corrected chi connectivity index (χ3v) is 5.36. The number of carbonyl (C=O) groups excluding carboxylic acids is 1. The van der Waals surface area contributed by atoms with Gasteiger partial charge in [0.1, 0.15) is 0 Å². The van der Waals surface area contributed by atoms with Gasteiger partial charge in [-0.05, 0) is 19.8 Å². The van der Waals surface area contributed by atoms with E-state index in [0.717, 1.165) is 0 Å². The van der Waals surface area contributed by atoms with Crippen LogP contribution in [0.2, 0.25) is 0 Å². The van der Waals surface area contributed by atoms with E-state index in [1.54, 1.807) is 19.1 Å². The highest BCUT2D eigenvalue weighted by atomic mass is 32.2. The minimum Gasteiger partial charge on any atom is -0.466 e. The Morgan fingerprint density at radius 3 is 2.24 bits per heavy atom. The smallest absolute Gasteiger partial charge is 0.309 e. The van der Waals surface area contributed by atoms with Gasteiger partial charge in [0, 0.05) is 26.2 Å². The zero-order valence-electron chi connectivity index (χ0n) is 12.5. The van der Waals surface area contributed by atoms with Crippen LogP contribution >= 0.6 is 0 Å². The van der Waals surface area contributed by atoms with Gasteiger partial charge in [0.05, 0.1) is 12.5 Å². The van der Waals surface area contributed by atoms with Gasteiger partial charge < -0.3 is 4.74 Å². The van der Waals surface area contributed by atoms with Gasteiger partial charge in [-0.3, -0.25) is 4.79 Å². The second-order valence-corrected chi connectivity index (χ2v) is 6.76. The molecule has 1 rings (SSSR count). The Hall–Kier alpha value is -1.18. The molecule has 0 unspecified atom stereocenters. The molecule has 1 aliphatic heterocycles. The van der Waals surface area contributed by atoms with Crippen LogP contribution in [0.25, 0.3) is 0 Å². The quantitative estimate of drug-likeness (QED) is 0.498. The van der Waals surface area contributed by atoms with Crippen molar-refractivity contribution in [2.75, 3.05) is 32.8 Å². The summed E-state index contributed by atoms with van der Waals surface area (Å²) in [6.45, 7) is 10.4. The zero-order valence-corrected chi connectivity index (χ0v) is 13.3. The van der Waals surface area contributed by atoms with E-state index in [0.29, 0.717) is 32.5 Å². The average molecular weight is 316 g/mol. The Kier molecular flexibility index (Phi) is 7.07. The summed E-state index contributed by atoms with van der Waals surface area (Å²) in [5.74, 6) is -0.438. The largest absolute Gasteiger partial charge is 0.466 e. The summed E-state index contributed by atoms with van der Waals surface area (Å²) in [7, 11) is -3.54. The van der Waals surface area contributed by atoms with Gasteiger partial charge in [0.15, 0.2) is 0 Å². The molecule has 0 N–H and O–H groups in total. The van der Waals surface area contributed by atoms with Crippen LogP contribution in [0.15, 0.2) is 25.3 Å². The standard InChI is InChI=1S/C14H24N2O4S/c1-4-9-15(10-5-2)21(18,19)16-11-7-13(8-12-16)14(17)20-6-3/h4-5,13H,1-2,6-12H2,3H3. The molecular weight excluding hydrogens is 292 g/mol. The van der Waals surface area contributed by atoms with Crippen molar-refractivity contribution in [2.24, 2.45) is 5.92 Å². The van der Waals surface area contributed by atoms with Crippen molar-refractivity contribution >= 4 is 16.2 Å². The molecule has 0 radical (unpaired) electrons. The minimum absolute atomic E-state index is 0.205. The molecule has 0 aromatic carbocycles. The highest BCUT2D eigenvalue weighted by Gasteiger charge is 2.34. The Balaban J connectivity index is 2.68. The van der Waals surface area contributed by atoms with Crippen LogP contribution in [-0.4, -0.2) is 55.8 Å². The molecular formula is C14H24N2O4S. The van der Waals surface area contributed by atoms with Crippen molar-refractivity contribution in [3.63, 3.8) is 0 Å². The first-order valence-corrected chi connectivity index (χ1v) is 8.50. The topological polar surface area (TPSA) is 66.9 Å². The fourth-order valence-corrected chi connectivity index (χ4v) is 3.88. The molecule has 0 spiro atoms. The molecule has 1 saturated heterocycles. The molecule has 21 heavy (non-hydrogen) atoms. The lowest BCUT2D eigenvalue weighted by atomic mass is 9.98. The molecule has 0 amide bonds. The van der Waals surface area contributed by atoms with Crippen LogP contribution in [0.3, 0.4) is 0 Å². The van der Waals surface area contributed by atoms with Crippen molar-refractivity contribution in [3.05, 3.63) is 25.3 Å². The van der Waals surface area contributed by atoms with Gasteiger partial charge in [-0.15, -0.1) is 13.2 Å². The van der Waals surface area contributed by atoms with E-state index < -0.39 is 10.2 Å². The monoisotopic (exact) mass is 316 g/mol. The molecule has 0 bridgehead atoms. The number of piperidine rings is 1. The number of esters is 1. The Morgan fingerprint density at radius 1 is 1.29 bits per heavy atom. The highest BCUT2D eigenvalue weighted by Crippen LogP contribution is 2.22. The third-order valence-electron chi connectivity index (χ3n) is 3.39. The molecule has 1 aliphatic rings. The number of nitrogens with zero attached hydrogens (tertiary/aromatic N) is 2. The fraction of sp³-hybridized carbons (Fsp3) is 0.643. The summed E-state index contributed by atoms with van der Waals surface area (Å²) in [5.41, 5.74) is 0. The van der Waals surface area contributed by atoms with Crippen molar-refractivity contribution < 1.29 is 17.9 Å². The summed E-state index contributed by atoms with van der Waals surface area (Å²) in [5, 5.41) is 0. The summed E-state index contributed by atoms with van der Waals surface area (Å²) in [6, 6.07) is 0. The van der Waals surface area contributed by atoms with Crippen LogP contribution in [0.1, 0.15) is 19.8 Å². The lowest BCUT2D eigenvalue weighted by Crippen LogP contribution is -2.48. The summed E-state index contributed by atoms with van der Waals surface area (Å²) in [6.07, 6.45) is 4.08. The summed E-state index contributed by atoms with van der Waals surface area (Å²) in [4.78, 5) is 11.7. The van der Waals surface area contributed by atoms with E-state index in [-0.39, 0.29) is 25.0 Å². The fourth-order valence-electron chi connectivity index (χ4n) is 2.30. The number of carbonyl (C=O) groups is 1. The Bertz CT molecular complexity index is 457. The van der Waals surface area contributed by atoms with Crippen molar-refractivity contribution in [1.29, 1.82) is 0 Å². The van der Waals surface area contributed by atoms with Gasteiger partial charge in [-0.25, -0.2) is 0 Å². The molecule has 0 saturated carbocycles. The molecule has 1 fully saturated rings. The molecule has 1 heterocycles. The van der Waals surface area contributed by atoms with E-state index >= 15 is 0 Å². The lowest BCUT2D eigenvalue weighted by molar-refractivity contribution is -0.149. The summed E-state index contributed by atoms with van der Waals surface area (Å²) < 4.78 is 32.7. The van der Waals surface area contributed by atoms with Crippen LogP contribution < -0.4 is 0 Å². The molecule has 7 heteroatoms. The maximum atomic E-state index is 12.5. The third kappa shape index (κ3) is 4.66. The van der Waals surface area contributed by atoms with Crippen LogP contribution in [0.4, 0.5) is 0 Å². The van der Waals surface area contributed by atoms with Gasteiger partial charge in [0.2, 0.25) is 0 Å². The maximum Gasteiger partial charge on any atom is 0.309 e. The first kappa shape index (κ1) is 17.9. The zero-order chi connectivity index (χ0) is 15.9. The number of rotatable bonds is 8. The number of hydrogen-bond donors (Lipinski definition) is 0. The second kappa shape index (κ2) is 8.31. The molecule has 120 valence electrons. The molecule has 0 aliphatic carbocycles. The first-order chi connectivity index (χ1) is 9.97. The SMILES string of the molecule is C=CCN(CC=C)S(=O)(=O)N1CCC(C(=O)OCC)CC1. The van der Waals surface area contributed by atoms with Gasteiger partial charge in [0.25, 0.3) is 10.2 Å². The van der Waals surface area contributed by atoms with Gasteiger partial charge in [-0.2, -0.15) is 17.0 Å². The van der Waals surface area contributed by atoms with Gasteiger partial charge in [-0.1, -0.05) is 12.2 Å². The highest BCUT2D eigenvalue weighted by molar-refractivity contribution is 7.86. The van der Waals surface area contributed by atoms with E-state index in [2.05, 4.69) is 13.2 Å². The predicted molar refractivity (Wildman–Crippen MR) is 81.8 cm³/mol. The Morgan fingerprint density at radius 2 is 1.81 bits per heavy atom. The van der Waals surface area contributed by atoms with Crippen molar-refractivity contribution in [2.45, 2.75) is 19.8 Å². The van der Waals surface area contributed by atoms with Crippen LogP contribution in [0.5, 0.6) is 0 Å². The summed E-state index contributed by atoms with van der Waals surface area (Å²) >= 11 is 0. The number of ether oxygens (including phenoxy) is 1. The normalized spacial score (nSPS) is 17.6. The Labute approximate surface area is 127 Å². The van der Waals surface area contributed by atoms with E-state index in [1.807, 2.05) is 0 Å².